The number of carbonyl (C=O) groups is 1. The molecule has 0 aromatic carbocycles. The fraction of sp³-hybridized carbons (Fsp3) is 0.923. The van der Waals surface area contributed by atoms with Crippen molar-refractivity contribution in [3.8, 4) is 0 Å². The Labute approximate surface area is 104 Å². The number of likely N-dealkylation sites (N-methyl/N-ethyl adjacent to an activating group) is 1. The molecule has 1 aliphatic carbocycles. The van der Waals surface area contributed by atoms with E-state index in [0.717, 1.165) is 26.3 Å². The molecule has 2 aliphatic rings. The number of hydrogen-bond acceptors (Lipinski definition) is 3. The molecule has 0 bridgehead atoms. The van der Waals surface area contributed by atoms with E-state index in [1.165, 1.54) is 19.3 Å². The SMILES string of the molecule is CCOCC1CN(C(=O)CNC)CC12CCC2. The van der Waals surface area contributed by atoms with Crippen LogP contribution in [0.4, 0.5) is 0 Å². The average molecular weight is 240 g/mol. The Bertz CT molecular complexity index is 277. The van der Waals surface area contributed by atoms with Crippen molar-refractivity contribution >= 4 is 5.91 Å². The average Bonchev–Trinajstić information content (AvgIpc) is 2.66. The van der Waals surface area contributed by atoms with Crippen molar-refractivity contribution in [1.29, 1.82) is 0 Å². The van der Waals surface area contributed by atoms with Crippen molar-refractivity contribution in [3.63, 3.8) is 0 Å². The van der Waals surface area contributed by atoms with Crippen LogP contribution in [-0.4, -0.2) is 50.7 Å². The number of ether oxygens (including phenoxy) is 1. The zero-order chi connectivity index (χ0) is 12.3. The molecule has 1 spiro atoms. The number of nitrogens with one attached hydrogen (secondary N) is 1. The lowest BCUT2D eigenvalue weighted by Crippen LogP contribution is -2.40. The largest absolute Gasteiger partial charge is 0.381 e. The van der Waals surface area contributed by atoms with Gasteiger partial charge in [0, 0.05) is 25.6 Å². The molecule has 2 rings (SSSR count). The van der Waals surface area contributed by atoms with Gasteiger partial charge in [0.1, 0.15) is 0 Å². The zero-order valence-electron chi connectivity index (χ0n) is 11.0. The summed E-state index contributed by atoms with van der Waals surface area (Å²) in [7, 11) is 1.82. The van der Waals surface area contributed by atoms with E-state index in [2.05, 4.69) is 5.32 Å². The van der Waals surface area contributed by atoms with Crippen molar-refractivity contribution in [3.05, 3.63) is 0 Å². The predicted molar refractivity (Wildman–Crippen MR) is 66.8 cm³/mol. The number of rotatable bonds is 5. The molecule has 1 heterocycles. The van der Waals surface area contributed by atoms with E-state index >= 15 is 0 Å². The van der Waals surface area contributed by atoms with Crippen LogP contribution < -0.4 is 5.32 Å². The first-order chi connectivity index (χ1) is 8.22. The number of likely N-dealkylation sites (tertiary alicyclic amines) is 1. The maximum Gasteiger partial charge on any atom is 0.236 e. The molecule has 1 N–H and O–H groups in total. The van der Waals surface area contributed by atoms with Crippen molar-refractivity contribution in [2.75, 3.05) is 39.9 Å². The number of hydrogen-bond donors (Lipinski definition) is 1. The van der Waals surface area contributed by atoms with Gasteiger partial charge in [-0.15, -0.1) is 0 Å². The van der Waals surface area contributed by atoms with Crippen LogP contribution in [0.2, 0.25) is 0 Å². The van der Waals surface area contributed by atoms with E-state index in [0.29, 0.717) is 17.9 Å². The van der Waals surface area contributed by atoms with Crippen LogP contribution in [0.3, 0.4) is 0 Å². The van der Waals surface area contributed by atoms with Crippen molar-refractivity contribution in [1.82, 2.24) is 10.2 Å². The molecule has 1 amide bonds. The topological polar surface area (TPSA) is 41.6 Å². The third-order valence-electron chi connectivity index (χ3n) is 4.37. The van der Waals surface area contributed by atoms with Crippen molar-refractivity contribution < 1.29 is 9.53 Å². The molecule has 1 saturated carbocycles. The smallest absolute Gasteiger partial charge is 0.236 e. The van der Waals surface area contributed by atoms with Gasteiger partial charge in [-0.1, -0.05) is 6.42 Å². The third-order valence-corrected chi connectivity index (χ3v) is 4.37. The van der Waals surface area contributed by atoms with Crippen LogP contribution in [0, 0.1) is 11.3 Å². The first kappa shape index (κ1) is 12.8. The van der Waals surface area contributed by atoms with Gasteiger partial charge in [0.05, 0.1) is 13.2 Å². The van der Waals surface area contributed by atoms with Crippen LogP contribution in [0.1, 0.15) is 26.2 Å². The normalized spacial score (nSPS) is 26.2. The fourth-order valence-corrected chi connectivity index (χ4v) is 3.17. The van der Waals surface area contributed by atoms with E-state index in [9.17, 15) is 4.79 Å². The highest BCUT2D eigenvalue weighted by atomic mass is 16.5. The molecule has 4 nitrogen and oxygen atoms in total. The van der Waals surface area contributed by atoms with E-state index in [1.54, 1.807) is 0 Å². The van der Waals surface area contributed by atoms with Crippen molar-refractivity contribution in [2.45, 2.75) is 26.2 Å². The Morgan fingerprint density at radius 1 is 1.53 bits per heavy atom. The second kappa shape index (κ2) is 5.36. The maximum atomic E-state index is 11.9. The number of carbonyl (C=O) groups excluding carboxylic acids is 1. The van der Waals surface area contributed by atoms with E-state index in [-0.39, 0.29) is 5.91 Å². The van der Waals surface area contributed by atoms with Gasteiger partial charge in [-0.3, -0.25) is 4.79 Å². The lowest BCUT2D eigenvalue weighted by atomic mass is 9.63. The summed E-state index contributed by atoms with van der Waals surface area (Å²) in [5.74, 6) is 0.787. The fourth-order valence-electron chi connectivity index (χ4n) is 3.17. The highest BCUT2D eigenvalue weighted by Crippen LogP contribution is 2.51. The molecular formula is C13H24N2O2. The molecule has 1 unspecified atom stereocenters. The molecule has 0 aromatic heterocycles. The Morgan fingerprint density at radius 2 is 2.29 bits per heavy atom. The molecule has 0 radical (unpaired) electrons. The molecule has 0 aromatic rings. The Hall–Kier alpha value is -0.610. The standard InChI is InChI=1S/C13H24N2O2/c1-3-17-9-11-8-15(12(16)7-14-2)10-13(11)5-4-6-13/h11,14H,3-10H2,1-2H3. The molecular weight excluding hydrogens is 216 g/mol. The van der Waals surface area contributed by atoms with Gasteiger partial charge in [0.25, 0.3) is 0 Å². The van der Waals surface area contributed by atoms with Gasteiger partial charge in [0.15, 0.2) is 0 Å². The molecule has 17 heavy (non-hydrogen) atoms. The number of nitrogens with zero attached hydrogens (tertiary/aromatic N) is 1. The summed E-state index contributed by atoms with van der Waals surface area (Å²) in [6, 6.07) is 0. The summed E-state index contributed by atoms with van der Waals surface area (Å²) in [5.41, 5.74) is 0.387. The summed E-state index contributed by atoms with van der Waals surface area (Å²) in [5, 5.41) is 2.94. The summed E-state index contributed by atoms with van der Waals surface area (Å²) in [4.78, 5) is 13.9. The highest BCUT2D eigenvalue weighted by Gasteiger charge is 2.51. The van der Waals surface area contributed by atoms with Gasteiger partial charge < -0.3 is 15.0 Å². The lowest BCUT2D eigenvalue weighted by molar-refractivity contribution is -0.129. The number of amides is 1. The quantitative estimate of drug-likeness (QED) is 0.775. The monoisotopic (exact) mass is 240 g/mol. The van der Waals surface area contributed by atoms with Gasteiger partial charge in [-0.25, -0.2) is 0 Å². The van der Waals surface area contributed by atoms with Crippen LogP contribution in [0.15, 0.2) is 0 Å². The molecule has 1 saturated heterocycles. The molecule has 2 fully saturated rings. The summed E-state index contributed by atoms with van der Waals surface area (Å²) in [6.07, 6.45) is 3.86. The Kier molecular flexibility index (Phi) is 4.05. The third kappa shape index (κ3) is 2.47. The minimum atomic E-state index is 0.234. The molecule has 1 atom stereocenters. The van der Waals surface area contributed by atoms with Crippen LogP contribution in [0.25, 0.3) is 0 Å². The molecule has 98 valence electrons. The first-order valence-corrected chi connectivity index (χ1v) is 6.72. The second-order valence-corrected chi connectivity index (χ2v) is 5.38. The van der Waals surface area contributed by atoms with Crippen LogP contribution in [0.5, 0.6) is 0 Å². The second-order valence-electron chi connectivity index (χ2n) is 5.38. The van der Waals surface area contributed by atoms with E-state index in [4.69, 9.17) is 4.74 Å². The summed E-state index contributed by atoms with van der Waals surface area (Å²) < 4.78 is 5.58. The minimum Gasteiger partial charge on any atom is -0.381 e. The van der Waals surface area contributed by atoms with E-state index in [1.807, 2.05) is 18.9 Å². The van der Waals surface area contributed by atoms with Crippen LogP contribution in [-0.2, 0) is 9.53 Å². The predicted octanol–water partition coefficient (Wildman–Crippen LogP) is 0.871. The van der Waals surface area contributed by atoms with Gasteiger partial charge in [-0.05, 0) is 32.2 Å². The summed E-state index contributed by atoms with van der Waals surface area (Å²) >= 11 is 0. The van der Waals surface area contributed by atoms with Crippen molar-refractivity contribution in [2.24, 2.45) is 11.3 Å². The minimum absolute atomic E-state index is 0.234. The van der Waals surface area contributed by atoms with E-state index < -0.39 is 0 Å². The van der Waals surface area contributed by atoms with Crippen LogP contribution >= 0.6 is 0 Å². The Balaban J connectivity index is 1.94. The van der Waals surface area contributed by atoms with Gasteiger partial charge >= 0.3 is 0 Å². The first-order valence-electron chi connectivity index (χ1n) is 6.72. The lowest BCUT2D eigenvalue weighted by Gasteiger charge is -2.42. The summed E-state index contributed by atoms with van der Waals surface area (Å²) in [6.45, 7) is 5.92. The highest BCUT2D eigenvalue weighted by molar-refractivity contribution is 5.78. The van der Waals surface area contributed by atoms with Gasteiger partial charge in [0.2, 0.25) is 5.91 Å². The maximum absolute atomic E-state index is 11.9. The molecule has 1 aliphatic heterocycles. The molecule has 4 heteroatoms. The zero-order valence-corrected chi connectivity index (χ0v) is 11.0. The van der Waals surface area contributed by atoms with Gasteiger partial charge in [-0.2, -0.15) is 0 Å². The Morgan fingerprint density at radius 3 is 2.82 bits per heavy atom.